The second-order valence-corrected chi connectivity index (χ2v) is 13.0. The number of nitrogens with zero attached hydrogens (tertiary/aromatic N) is 3. The van der Waals surface area contributed by atoms with Crippen molar-refractivity contribution in [3.63, 3.8) is 0 Å². The minimum atomic E-state index is -3.60. The number of carbonyl (C=O) groups excluding carboxylic acids is 1. The second kappa shape index (κ2) is 12.9. The maximum absolute atomic E-state index is 13.8. The Morgan fingerprint density at radius 2 is 1.64 bits per heavy atom. The average molecular weight is 591 g/mol. The van der Waals surface area contributed by atoms with E-state index in [0.29, 0.717) is 75.7 Å². The maximum atomic E-state index is 13.8. The van der Waals surface area contributed by atoms with Gasteiger partial charge in [0.25, 0.3) is 0 Å². The van der Waals surface area contributed by atoms with E-state index < -0.39 is 10.0 Å². The molecule has 0 aliphatic carbocycles. The van der Waals surface area contributed by atoms with Crippen LogP contribution in [0.1, 0.15) is 24.0 Å². The van der Waals surface area contributed by atoms with Gasteiger partial charge < -0.3 is 21.1 Å². The van der Waals surface area contributed by atoms with E-state index in [2.05, 4.69) is 0 Å². The summed E-state index contributed by atoms with van der Waals surface area (Å²) in [7, 11) is -3.60. The summed E-state index contributed by atoms with van der Waals surface area (Å²) >= 11 is 0. The molecule has 0 radical (unpaired) electrons. The van der Waals surface area contributed by atoms with E-state index in [0.717, 1.165) is 5.56 Å². The lowest BCUT2D eigenvalue weighted by atomic mass is 9.96. The Hall–Kier alpha value is -3.93. The lowest BCUT2D eigenvalue weighted by molar-refractivity contribution is 0.0661. The van der Waals surface area contributed by atoms with Gasteiger partial charge in [-0.05, 0) is 60.7 Å². The number of amidine groups is 1. The van der Waals surface area contributed by atoms with Crippen molar-refractivity contribution in [2.24, 2.45) is 17.6 Å². The van der Waals surface area contributed by atoms with Gasteiger partial charge in [-0.2, -0.15) is 4.31 Å². The number of nitrogens with one attached hydrogen (secondary N) is 1. The summed E-state index contributed by atoms with van der Waals surface area (Å²) in [4.78, 5) is 17.6. The van der Waals surface area contributed by atoms with Gasteiger partial charge in [0.1, 0.15) is 5.84 Å². The zero-order valence-electron chi connectivity index (χ0n) is 23.6. The molecule has 10 nitrogen and oxygen atoms in total. The van der Waals surface area contributed by atoms with Crippen molar-refractivity contribution in [1.82, 2.24) is 9.21 Å². The van der Waals surface area contributed by atoms with Crippen LogP contribution in [0.15, 0.2) is 83.8 Å². The highest BCUT2D eigenvalue weighted by atomic mass is 32.2. The molecule has 2 aliphatic heterocycles. The van der Waals surface area contributed by atoms with E-state index in [1.54, 1.807) is 47.4 Å². The average Bonchev–Trinajstić information content (AvgIpc) is 3.00. The number of nitrogen functional groups attached to an aromatic ring is 2. The molecule has 0 spiro atoms. The second-order valence-electron chi connectivity index (χ2n) is 11.0. The number of benzene rings is 3. The summed E-state index contributed by atoms with van der Waals surface area (Å²) in [6, 6.07) is 23.3. The van der Waals surface area contributed by atoms with Crippen molar-refractivity contribution >= 4 is 33.3 Å². The number of piperidine rings is 1. The molecule has 5 N–H and O–H groups in total. The normalized spacial score (nSPS) is 18.8. The number of carbonyl (C=O) groups is 1. The van der Waals surface area contributed by atoms with Crippen LogP contribution in [0.5, 0.6) is 0 Å². The lowest BCUT2D eigenvalue weighted by Crippen LogP contribution is -2.56. The van der Waals surface area contributed by atoms with Gasteiger partial charge in [-0.15, -0.1) is 0 Å². The molecule has 0 saturated carbocycles. The zero-order chi connectivity index (χ0) is 29.7. The van der Waals surface area contributed by atoms with Gasteiger partial charge in [-0.3, -0.25) is 10.3 Å². The third-order valence-corrected chi connectivity index (χ3v) is 9.84. The number of sulfonamides is 1. The van der Waals surface area contributed by atoms with Crippen LogP contribution in [0.4, 0.5) is 16.2 Å². The third kappa shape index (κ3) is 6.92. The summed E-state index contributed by atoms with van der Waals surface area (Å²) in [6.07, 6.45) is 1.32. The Morgan fingerprint density at radius 3 is 2.33 bits per heavy atom. The molecule has 2 aliphatic rings. The molecule has 1 atom stereocenters. The summed E-state index contributed by atoms with van der Waals surface area (Å²) in [6.45, 7) is 3.35. The lowest BCUT2D eigenvalue weighted by Gasteiger charge is -2.42. The van der Waals surface area contributed by atoms with Crippen molar-refractivity contribution < 1.29 is 17.9 Å². The highest BCUT2D eigenvalue weighted by Crippen LogP contribution is 2.29. The van der Waals surface area contributed by atoms with Gasteiger partial charge in [-0.25, -0.2) is 13.2 Å². The van der Waals surface area contributed by atoms with Crippen molar-refractivity contribution in [2.75, 3.05) is 50.0 Å². The molecule has 222 valence electrons. The van der Waals surface area contributed by atoms with Gasteiger partial charge >= 0.3 is 6.03 Å². The Balaban J connectivity index is 1.26. The van der Waals surface area contributed by atoms with Gasteiger partial charge in [0.05, 0.1) is 18.1 Å². The Labute approximate surface area is 247 Å². The molecule has 2 amide bonds. The predicted octanol–water partition coefficient (Wildman–Crippen LogP) is 3.73. The quantitative estimate of drug-likeness (QED) is 0.186. The molecule has 1 unspecified atom stereocenters. The number of amides is 2. The van der Waals surface area contributed by atoms with Crippen molar-refractivity contribution in [1.29, 1.82) is 5.41 Å². The Bertz CT molecular complexity index is 1490. The number of nitrogens with two attached hydrogens (primary N) is 2. The fourth-order valence-corrected chi connectivity index (χ4v) is 7.09. The Morgan fingerprint density at radius 1 is 0.929 bits per heavy atom. The molecule has 2 saturated heterocycles. The van der Waals surface area contributed by atoms with Gasteiger partial charge in [-0.1, -0.05) is 42.5 Å². The number of anilines is 2. The maximum Gasteiger partial charge on any atom is 0.324 e. The van der Waals surface area contributed by atoms with E-state index in [1.807, 2.05) is 41.3 Å². The minimum Gasteiger partial charge on any atom is -0.399 e. The van der Waals surface area contributed by atoms with Gasteiger partial charge in [0, 0.05) is 55.6 Å². The van der Waals surface area contributed by atoms with E-state index >= 15 is 0 Å². The van der Waals surface area contributed by atoms with Gasteiger partial charge in [0.2, 0.25) is 10.0 Å². The van der Waals surface area contributed by atoms with Crippen LogP contribution >= 0.6 is 0 Å². The number of urea groups is 1. The fraction of sp³-hybridized carbons (Fsp3) is 0.355. The smallest absolute Gasteiger partial charge is 0.324 e. The molecular formula is C31H38N6O4S. The van der Waals surface area contributed by atoms with Crippen molar-refractivity contribution in [2.45, 2.75) is 24.3 Å². The van der Waals surface area contributed by atoms with Crippen molar-refractivity contribution in [3.8, 4) is 0 Å². The molecule has 5 rings (SSSR count). The van der Waals surface area contributed by atoms with E-state index in [-0.39, 0.29) is 28.6 Å². The Kier molecular flexibility index (Phi) is 9.10. The summed E-state index contributed by atoms with van der Waals surface area (Å²) in [5, 5.41) is 7.83. The molecule has 3 aromatic rings. The molecule has 2 heterocycles. The van der Waals surface area contributed by atoms with Crippen molar-refractivity contribution in [3.05, 3.63) is 90.0 Å². The van der Waals surface area contributed by atoms with E-state index in [4.69, 9.17) is 21.6 Å². The van der Waals surface area contributed by atoms with Crippen LogP contribution < -0.4 is 16.4 Å². The summed E-state index contributed by atoms with van der Waals surface area (Å²) in [5.41, 5.74) is 14.3. The zero-order valence-corrected chi connectivity index (χ0v) is 24.4. The molecule has 0 aromatic heterocycles. The summed E-state index contributed by atoms with van der Waals surface area (Å²) in [5.74, 6) is 0.182. The first kappa shape index (κ1) is 29.6. The first-order valence-electron chi connectivity index (χ1n) is 14.2. The van der Waals surface area contributed by atoms with Crippen LogP contribution in [0.25, 0.3) is 0 Å². The highest BCUT2D eigenvalue weighted by molar-refractivity contribution is 7.89. The minimum absolute atomic E-state index is 0.0541. The molecule has 11 heteroatoms. The van der Waals surface area contributed by atoms with Crippen LogP contribution in [0.3, 0.4) is 0 Å². The monoisotopic (exact) mass is 590 g/mol. The van der Waals surface area contributed by atoms with Gasteiger partial charge in [0.15, 0.2) is 0 Å². The van der Waals surface area contributed by atoms with Crippen LogP contribution in [-0.2, 0) is 21.4 Å². The number of hydrogen-bond donors (Lipinski definition) is 3. The predicted molar refractivity (Wildman–Crippen MR) is 164 cm³/mol. The first-order valence-corrected chi connectivity index (χ1v) is 15.6. The SMILES string of the molecule is N=C(N)c1cccc(N2CC(COCc3ccccc3)CN(CC3CCN(S(=O)(=O)c4ccc(N)cc4)CC3)C2=O)c1. The first-order chi connectivity index (χ1) is 20.2. The fourth-order valence-electron chi connectivity index (χ4n) is 5.62. The van der Waals surface area contributed by atoms with E-state index in [9.17, 15) is 13.2 Å². The molecule has 0 bridgehead atoms. The van der Waals surface area contributed by atoms with E-state index in [1.165, 1.54) is 4.31 Å². The standard InChI is InChI=1S/C31H38N6O4S/c32-27-9-11-29(12-10-27)42(39,40)36-15-13-23(14-16-36)18-35-19-25(22-41-21-24-5-2-1-3-6-24)20-37(31(35)38)28-8-4-7-26(17-28)30(33)34/h1-12,17,23,25H,13-16,18-22,32H2,(H3,33,34). The van der Waals surface area contributed by atoms with Crippen LogP contribution in [-0.4, -0.2) is 68.8 Å². The number of hydrogen-bond acceptors (Lipinski definition) is 6. The molecule has 2 fully saturated rings. The van der Waals surface area contributed by atoms with Crippen LogP contribution in [0, 0.1) is 17.2 Å². The molecular weight excluding hydrogens is 552 g/mol. The summed E-state index contributed by atoms with van der Waals surface area (Å²) < 4.78 is 33.9. The molecule has 3 aromatic carbocycles. The third-order valence-electron chi connectivity index (χ3n) is 7.92. The highest BCUT2D eigenvalue weighted by Gasteiger charge is 2.36. The number of ether oxygens (including phenoxy) is 1. The number of rotatable bonds is 10. The molecule has 42 heavy (non-hydrogen) atoms. The largest absolute Gasteiger partial charge is 0.399 e. The van der Waals surface area contributed by atoms with Crippen LogP contribution in [0.2, 0.25) is 0 Å². The topological polar surface area (TPSA) is 146 Å².